The van der Waals surface area contributed by atoms with Crippen LogP contribution >= 0.6 is 0 Å². The van der Waals surface area contributed by atoms with Crippen LogP contribution < -0.4 is 10.3 Å². The van der Waals surface area contributed by atoms with Crippen LogP contribution in [0.1, 0.15) is 0 Å². The van der Waals surface area contributed by atoms with E-state index >= 15 is 0 Å². The van der Waals surface area contributed by atoms with Crippen LogP contribution in [0, 0.1) is 0 Å². The maximum Gasteiger partial charge on any atom is 0.285 e. The molecule has 0 bridgehead atoms. The minimum absolute atomic E-state index is 0.101. The molecule has 3 aromatic rings. The fourth-order valence-electron chi connectivity index (χ4n) is 2.37. The van der Waals surface area contributed by atoms with Crippen molar-refractivity contribution in [2.75, 3.05) is 11.0 Å². The van der Waals surface area contributed by atoms with Gasteiger partial charge in [-0.25, -0.2) is 13.4 Å². The first-order valence-corrected chi connectivity index (χ1v) is 8.53. The average Bonchev–Trinajstić information content (AvgIpc) is 2.50. The quantitative estimate of drug-likeness (QED) is 0.711. The van der Waals surface area contributed by atoms with Gasteiger partial charge < -0.3 is 5.21 Å². The first-order valence-electron chi connectivity index (χ1n) is 6.64. The van der Waals surface area contributed by atoms with Crippen LogP contribution in [0.25, 0.3) is 22.2 Å². The van der Waals surface area contributed by atoms with Crippen molar-refractivity contribution in [3.63, 3.8) is 0 Å². The summed E-state index contributed by atoms with van der Waals surface area (Å²) < 4.78 is 26.0. The number of nitrogens with one attached hydrogen (secondary N) is 1. The fourth-order valence-corrected chi connectivity index (χ4v) is 2.95. The Kier molecular flexibility index (Phi) is 3.53. The zero-order valence-electron chi connectivity index (χ0n) is 12.1. The number of hydrogen-bond acceptors (Lipinski definition) is 5. The predicted octanol–water partition coefficient (Wildman–Crippen LogP) is 1.67. The van der Waals surface area contributed by atoms with Gasteiger partial charge in [-0.3, -0.25) is 9.52 Å². The number of aromatic nitrogens is 2. The summed E-state index contributed by atoms with van der Waals surface area (Å²) in [6, 6.07) is 11.3. The summed E-state index contributed by atoms with van der Waals surface area (Å²) in [5.74, 6) is 0. The van der Waals surface area contributed by atoms with Crippen molar-refractivity contribution in [1.29, 1.82) is 0 Å². The Morgan fingerprint density at radius 1 is 1.13 bits per heavy atom. The highest BCUT2D eigenvalue weighted by Crippen LogP contribution is 2.32. The summed E-state index contributed by atoms with van der Waals surface area (Å²) in [6.45, 7) is 0. The molecule has 0 aliphatic heterocycles. The van der Waals surface area contributed by atoms with E-state index in [-0.39, 0.29) is 5.65 Å². The number of sulfonamides is 1. The SMILES string of the molecule is CS(=O)(=O)Nc1ccccc1-c1cc(=O)n(O)c2ncccc12. The van der Waals surface area contributed by atoms with Gasteiger partial charge in [0.25, 0.3) is 5.56 Å². The lowest BCUT2D eigenvalue weighted by atomic mass is 10.0. The molecule has 3 rings (SSSR count). The highest BCUT2D eigenvalue weighted by atomic mass is 32.2. The summed E-state index contributed by atoms with van der Waals surface area (Å²) in [6.07, 6.45) is 2.51. The minimum atomic E-state index is -3.48. The van der Waals surface area contributed by atoms with Gasteiger partial charge in [0.05, 0.1) is 11.9 Å². The van der Waals surface area contributed by atoms with Crippen LogP contribution in [0.3, 0.4) is 0 Å². The number of pyridine rings is 2. The zero-order valence-corrected chi connectivity index (χ0v) is 12.9. The van der Waals surface area contributed by atoms with E-state index in [2.05, 4.69) is 9.71 Å². The van der Waals surface area contributed by atoms with E-state index in [1.54, 1.807) is 36.4 Å². The van der Waals surface area contributed by atoms with Crippen LogP contribution in [0.15, 0.2) is 53.5 Å². The fraction of sp³-hybridized carbons (Fsp3) is 0.0667. The van der Waals surface area contributed by atoms with Gasteiger partial charge in [-0.05, 0) is 18.2 Å². The van der Waals surface area contributed by atoms with Gasteiger partial charge in [-0.15, -0.1) is 4.73 Å². The molecule has 1 aromatic carbocycles. The second kappa shape index (κ2) is 5.40. The molecule has 0 amide bonds. The van der Waals surface area contributed by atoms with Crippen molar-refractivity contribution < 1.29 is 13.6 Å². The van der Waals surface area contributed by atoms with Gasteiger partial charge >= 0.3 is 0 Å². The van der Waals surface area contributed by atoms with Crippen LogP contribution in [-0.2, 0) is 10.0 Å². The normalized spacial score (nSPS) is 11.5. The maximum atomic E-state index is 12.0. The molecule has 0 radical (unpaired) electrons. The molecule has 8 heteroatoms. The van der Waals surface area contributed by atoms with Gasteiger partial charge in [-0.2, -0.15) is 0 Å². The van der Waals surface area contributed by atoms with Gasteiger partial charge in [0.2, 0.25) is 10.0 Å². The van der Waals surface area contributed by atoms with E-state index < -0.39 is 15.6 Å². The van der Waals surface area contributed by atoms with Gasteiger partial charge in [0.15, 0.2) is 5.65 Å². The summed E-state index contributed by atoms with van der Waals surface area (Å²) in [5.41, 5.74) is 0.795. The van der Waals surface area contributed by atoms with Gasteiger partial charge in [0.1, 0.15) is 0 Å². The van der Waals surface area contributed by atoms with Crippen molar-refractivity contribution in [2.24, 2.45) is 0 Å². The van der Waals surface area contributed by atoms with Crippen molar-refractivity contribution in [2.45, 2.75) is 0 Å². The highest BCUT2D eigenvalue weighted by molar-refractivity contribution is 7.92. The zero-order chi connectivity index (χ0) is 16.6. The Balaban J connectivity index is 2.35. The van der Waals surface area contributed by atoms with E-state index in [4.69, 9.17) is 0 Å². The van der Waals surface area contributed by atoms with Gasteiger partial charge in [0, 0.05) is 28.8 Å². The van der Waals surface area contributed by atoms with E-state index in [9.17, 15) is 18.4 Å². The van der Waals surface area contributed by atoms with E-state index in [1.165, 1.54) is 12.3 Å². The third-order valence-corrected chi connectivity index (χ3v) is 3.86. The van der Waals surface area contributed by atoms with E-state index in [1.807, 2.05) is 0 Å². The molecule has 7 nitrogen and oxygen atoms in total. The molecule has 2 heterocycles. The van der Waals surface area contributed by atoms with E-state index in [0.717, 1.165) is 6.26 Å². The van der Waals surface area contributed by atoms with Crippen LogP contribution in [-0.4, -0.2) is 29.6 Å². The molecule has 23 heavy (non-hydrogen) atoms. The highest BCUT2D eigenvalue weighted by Gasteiger charge is 2.15. The van der Waals surface area contributed by atoms with Crippen molar-refractivity contribution in [3.8, 4) is 11.1 Å². The summed E-state index contributed by atoms with van der Waals surface area (Å²) >= 11 is 0. The molecule has 0 aliphatic carbocycles. The average molecular weight is 331 g/mol. The molecule has 2 N–H and O–H groups in total. The molecule has 0 unspecified atom stereocenters. The molecule has 0 aliphatic rings. The number of rotatable bonds is 3. The second-order valence-electron chi connectivity index (χ2n) is 5.00. The molecule has 2 aromatic heterocycles. The van der Waals surface area contributed by atoms with Crippen molar-refractivity contribution in [3.05, 3.63) is 59.0 Å². The molecule has 0 saturated carbocycles. The van der Waals surface area contributed by atoms with Crippen LogP contribution in [0.2, 0.25) is 0 Å². The Hall–Kier alpha value is -2.87. The predicted molar refractivity (Wildman–Crippen MR) is 87.1 cm³/mol. The third kappa shape index (κ3) is 2.88. The van der Waals surface area contributed by atoms with Crippen molar-refractivity contribution >= 4 is 26.7 Å². The molecule has 0 fully saturated rings. The first kappa shape index (κ1) is 15.0. The van der Waals surface area contributed by atoms with Crippen molar-refractivity contribution in [1.82, 2.24) is 9.71 Å². The number of benzene rings is 1. The summed E-state index contributed by atoms with van der Waals surface area (Å²) in [5, 5.41) is 10.3. The van der Waals surface area contributed by atoms with Crippen LogP contribution in [0.4, 0.5) is 5.69 Å². The minimum Gasteiger partial charge on any atom is -0.423 e. The lowest BCUT2D eigenvalue weighted by Gasteiger charge is -2.13. The molecular weight excluding hydrogens is 318 g/mol. The smallest absolute Gasteiger partial charge is 0.285 e. The largest absolute Gasteiger partial charge is 0.423 e. The number of hydrogen-bond donors (Lipinski definition) is 2. The van der Waals surface area contributed by atoms with Crippen LogP contribution in [0.5, 0.6) is 0 Å². The Labute approximate surface area is 131 Å². The lowest BCUT2D eigenvalue weighted by Crippen LogP contribution is -2.18. The Morgan fingerprint density at radius 2 is 1.87 bits per heavy atom. The number of fused-ring (bicyclic) bond motifs is 1. The summed E-state index contributed by atoms with van der Waals surface area (Å²) in [7, 11) is -3.48. The van der Waals surface area contributed by atoms with Gasteiger partial charge in [-0.1, -0.05) is 18.2 Å². The monoisotopic (exact) mass is 331 g/mol. The Bertz CT molecular complexity index is 1060. The molecule has 0 spiro atoms. The second-order valence-corrected chi connectivity index (χ2v) is 6.75. The lowest BCUT2D eigenvalue weighted by molar-refractivity contribution is 0.187. The maximum absolute atomic E-state index is 12.0. The molecule has 0 atom stereocenters. The third-order valence-electron chi connectivity index (χ3n) is 3.27. The molecule has 0 saturated heterocycles. The molecule has 118 valence electrons. The standard InChI is InChI=1S/C15H13N3O4S/c1-23(21,22)17-13-7-3-2-5-10(13)12-9-14(19)18(20)15-11(12)6-4-8-16-15/h2-9,17,20H,1H3. The summed E-state index contributed by atoms with van der Waals surface area (Å²) in [4.78, 5) is 16.0. The number of nitrogens with zero attached hydrogens (tertiary/aromatic N) is 2. The topological polar surface area (TPSA) is 101 Å². The van der Waals surface area contributed by atoms with E-state index in [0.29, 0.717) is 26.9 Å². The molecular formula is C15H13N3O4S. The number of para-hydroxylation sites is 1. The first-order chi connectivity index (χ1) is 10.9. The number of anilines is 1. The Morgan fingerprint density at radius 3 is 2.61 bits per heavy atom.